The highest BCUT2D eigenvalue weighted by molar-refractivity contribution is 5.91. The quantitative estimate of drug-likeness (QED) is 0.834. The van der Waals surface area contributed by atoms with Crippen molar-refractivity contribution >= 4 is 22.4 Å². The van der Waals surface area contributed by atoms with Crippen molar-refractivity contribution in [1.29, 1.82) is 0 Å². The van der Waals surface area contributed by atoms with Crippen LogP contribution >= 0.6 is 0 Å². The number of aromatic nitrogens is 1. The third-order valence-electron chi connectivity index (χ3n) is 3.38. The molecule has 1 aromatic heterocycles. The summed E-state index contributed by atoms with van der Waals surface area (Å²) < 4.78 is 5.41. The minimum absolute atomic E-state index is 0.0173. The van der Waals surface area contributed by atoms with E-state index in [9.17, 15) is 4.79 Å². The van der Waals surface area contributed by atoms with Crippen molar-refractivity contribution in [3.63, 3.8) is 0 Å². The van der Waals surface area contributed by atoms with Gasteiger partial charge in [-0.2, -0.15) is 0 Å². The molecule has 106 valence electrons. The lowest BCUT2D eigenvalue weighted by Crippen LogP contribution is -2.00. The third-order valence-corrected chi connectivity index (χ3v) is 3.38. The second kappa shape index (κ2) is 5.41. The first-order valence-corrected chi connectivity index (χ1v) is 6.55. The number of ketones is 1. The predicted octanol–water partition coefficient (Wildman–Crippen LogP) is 3.70. The molecule has 2 aromatic rings. The monoisotopic (exact) mass is 272 g/mol. The SMILES string of the molecule is COc1cc2[nH]c(C)c(C)c2cc1NC(C)=CC(C)=O. The summed E-state index contributed by atoms with van der Waals surface area (Å²) in [4.78, 5) is 14.5. The Morgan fingerprint density at radius 3 is 2.60 bits per heavy atom. The van der Waals surface area contributed by atoms with E-state index in [0.717, 1.165) is 33.7 Å². The number of methoxy groups -OCH3 is 1. The van der Waals surface area contributed by atoms with Crippen LogP contribution < -0.4 is 10.1 Å². The molecule has 0 saturated heterocycles. The van der Waals surface area contributed by atoms with Crippen molar-refractivity contribution in [2.45, 2.75) is 27.7 Å². The van der Waals surface area contributed by atoms with Gasteiger partial charge in [0.2, 0.25) is 0 Å². The van der Waals surface area contributed by atoms with Crippen LogP contribution in [0.3, 0.4) is 0 Å². The van der Waals surface area contributed by atoms with Crippen LogP contribution in [0, 0.1) is 13.8 Å². The number of fused-ring (bicyclic) bond motifs is 1. The Morgan fingerprint density at radius 1 is 1.30 bits per heavy atom. The van der Waals surface area contributed by atoms with Crippen molar-refractivity contribution in [2.75, 3.05) is 12.4 Å². The Hall–Kier alpha value is -2.23. The van der Waals surface area contributed by atoms with Crippen LogP contribution in [0.1, 0.15) is 25.1 Å². The predicted molar refractivity (Wildman–Crippen MR) is 82.4 cm³/mol. The molecule has 2 rings (SSSR count). The molecule has 2 N–H and O–H groups in total. The van der Waals surface area contributed by atoms with Crippen LogP contribution in [0.15, 0.2) is 23.9 Å². The molecule has 0 aliphatic rings. The first kappa shape index (κ1) is 14.2. The highest BCUT2D eigenvalue weighted by Crippen LogP contribution is 2.33. The molecular weight excluding hydrogens is 252 g/mol. The van der Waals surface area contributed by atoms with E-state index < -0.39 is 0 Å². The second-order valence-electron chi connectivity index (χ2n) is 5.04. The van der Waals surface area contributed by atoms with E-state index in [1.807, 2.05) is 19.1 Å². The zero-order chi connectivity index (χ0) is 14.9. The van der Waals surface area contributed by atoms with Crippen molar-refractivity contribution in [2.24, 2.45) is 0 Å². The van der Waals surface area contributed by atoms with E-state index >= 15 is 0 Å². The van der Waals surface area contributed by atoms with Gasteiger partial charge < -0.3 is 15.0 Å². The standard InChI is InChI=1S/C16H20N2O2/c1-9(6-10(2)19)17-15-7-13-11(3)12(4)18-14(13)8-16(15)20-5/h6-8,17-18H,1-5H3. The minimum atomic E-state index is 0.0173. The third kappa shape index (κ3) is 2.69. The summed E-state index contributed by atoms with van der Waals surface area (Å²) in [5.74, 6) is 0.763. The van der Waals surface area contributed by atoms with Gasteiger partial charge in [-0.25, -0.2) is 0 Å². The molecule has 4 heteroatoms. The molecule has 4 nitrogen and oxygen atoms in total. The van der Waals surface area contributed by atoms with Gasteiger partial charge >= 0.3 is 0 Å². The largest absolute Gasteiger partial charge is 0.494 e. The van der Waals surface area contributed by atoms with Crippen molar-refractivity contribution in [1.82, 2.24) is 4.98 Å². The number of aromatic amines is 1. The Morgan fingerprint density at radius 2 is 2.00 bits per heavy atom. The number of hydrogen-bond donors (Lipinski definition) is 2. The van der Waals surface area contributed by atoms with Crippen LogP contribution in [0.2, 0.25) is 0 Å². The van der Waals surface area contributed by atoms with Gasteiger partial charge in [0.25, 0.3) is 0 Å². The fourth-order valence-electron chi connectivity index (χ4n) is 2.31. The summed E-state index contributed by atoms with van der Waals surface area (Å²) in [6.07, 6.45) is 1.57. The number of rotatable bonds is 4. The number of hydrogen-bond acceptors (Lipinski definition) is 3. The minimum Gasteiger partial charge on any atom is -0.494 e. The zero-order valence-corrected chi connectivity index (χ0v) is 12.5. The average Bonchev–Trinajstić information content (AvgIpc) is 2.63. The normalized spacial score (nSPS) is 11.8. The van der Waals surface area contributed by atoms with Gasteiger partial charge in [0.05, 0.1) is 12.8 Å². The van der Waals surface area contributed by atoms with Crippen LogP contribution in [0.5, 0.6) is 5.75 Å². The number of anilines is 1. The maximum Gasteiger partial charge on any atom is 0.154 e. The fraction of sp³-hybridized carbons (Fsp3) is 0.312. The van der Waals surface area contributed by atoms with E-state index in [1.54, 1.807) is 13.2 Å². The van der Waals surface area contributed by atoms with Gasteiger partial charge in [0.15, 0.2) is 5.78 Å². The van der Waals surface area contributed by atoms with Crippen LogP contribution in [0.25, 0.3) is 10.9 Å². The molecule has 0 fully saturated rings. The molecule has 0 spiro atoms. The Balaban J connectivity index is 2.51. The summed E-state index contributed by atoms with van der Waals surface area (Å²) in [6.45, 7) is 7.53. The summed E-state index contributed by atoms with van der Waals surface area (Å²) in [7, 11) is 1.64. The van der Waals surface area contributed by atoms with Crippen molar-refractivity contribution in [3.05, 3.63) is 35.2 Å². The number of carbonyl (C=O) groups excluding carboxylic acids is 1. The highest BCUT2D eigenvalue weighted by atomic mass is 16.5. The number of benzene rings is 1. The number of nitrogens with one attached hydrogen (secondary N) is 2. The molecule has 20 heavy (non-hydrogen) atoms. The second-order valence-corrected chi connectivity index (χ2v) is 5.04. The number of H-pyrrole nitrogens is 1. The molecule has 0 bridgehead atoms. The molecule has 1 aromatic carbocycles. The van der Waals surface area contributed by atoms with Crippen molar-refractivity contribution in [3.8, 4) is 5.75 Å². The maximum atomic E-state index is 11.1. The molecular formula is C16H20N2O2. The smallest absolute Gasteiger partial charge is 0.154 e. The molecule has 0 atom stereocenters. The lowest BCUT2D eigenvalue weighted by molar-refractivity contribution is -0.112. The first-order valence-electron chi connectivity index (χ1n) is 6.55. The zero-order valence-electron chi connectivity index (χ0n) is 12.5. The average molecular weight is 272 g/mol. The summed E-state index contributed by atoms with van der Waals surface area (Å²) in [5.41, 5.74) is 5.07. The number of ether oxygens (including phenoxy) is 1. The molecule has 0 saturated carbocycles. The molecule has 0 radical (unpaired) electrons. The van der Waals surface area contributed by atoms with Gasteiger partial charge in [0, 0.05) is 28.4 Å². The first-order chi connectivity index (χ1) is 9.42. The maximum absolute atomic E-state index is 11.1. The van der Waals surface area contributed by atoms with Gasteiger partial charge in [-0.15, -0.1) is 0 Å². The fourth-order valence-corrected chi connectivity index (χ4v) is 2.31. The molecule has 0 aliphatic carbocycles. The van der Waals surface area contributed by atoms with Gasteiger partial charge in [-0.3, -0.25) is 4.79 Å². The molecule has 0 unspecified atom stereocenters. The highest BCUT2D eigenvalue weighted by Gasteiger charge is 2.10. The topological polar surface area (TPSA) is 54.1 Å². The van der Waals surface area contributed by atoms with E-state index in [-0.39, 0.29) is 5.78 Å². The summed E-state index contributed by atoms with van der Waals surface area (Å²) >= 11 is 0. The van der Waals surface area contributed by atoms with E-state index in [4.69, 9.17) is 4.74 Å². The number of allylic oxidation sites excluding steroid dienone is 2. The Bertz CT molecular complexity index is 696. The van der Waals surface area contributed by atoms with E-state index in [2.05, 4.69) is 24.1 Å². The van der Waals surface area contributed by atoms with Crippen LogP contribution in [-0.2, 0) is 4.79 Å². The van der Waals surface area contributed by atoms with Crippen molar-refractivity contribution < 1.29 is 9.53 Å². The molecule has 0 aliphatic heterocycles. The number of aryl methyl sites for hydroxylation is 2. The lowest BCUT2D eigenvalue weighted by Gasteiger charge is -2.12. The Kier molecular flexibility index (Phi) is 3.84. The van der Waals surface area contributed by atoms with E-state index in [0.29, 0.717) is 0 Å². The van der Waals surface area contributed by atoms with Gasteiger partial charge in [-0.1, -0.05) is 0 Å². The number of carbonyl (C=O) groups is 1. The van der Waals surface area contributed by atoms with Gasteiger partial charge in [0.1, 0.15) is 5.75 Å². The summed E-state index contributed by atoms with van der Waals surface area (Å²) in [6, 6.07) is 4.02. The molecule has 1 heterocycles. The molecule has 0 amide bonds. The van der Waals surface area contributed by atoms with E-state index in [1.165, 1.54) is 12.5 Å². The van der Waals surface area contributed by atoms with Crippen LogP contribution in [0.4, 0.5) is 5.69 Å². The van der Waals surface area contributed by atoms with Crippen LogP contribution in [-0.4, -0.2) is 17.9 Å². The summed E-state index contributed by atoms with van der Waals surface area (Å²) in [5, 5.41) is 4.38. The lowest BCUT2D eigenvalue weighted by atomic mass is 10.1. The van der Waals surface area contributed by atoms with Gasteiger partial charge in [-0.05, 0) is 45.4 Å². The Labute approximate surface area is 118 Å².